The molecule has 2 aliphatic rings. The van der Waals surface area contributed by atoms with Crippen LogP contribution in [0.2, 0.25) is 0 Å². The van der Waals surface area contributed by atoms with Crippen LogP contribution in [0, 0.1) is 11.8 Å². The lowest BCUT2D eigenvalue weighted by atomic mass is 9.75. The van der Waals surface area contributed by atoms with E-state index >= 15 is 0 Å². The highest BCUT2D eigenvalue weighted by atomic mass is 16.5. The minimum atomic E-state index is 0.373. The Balaban J connectivity index is 2.08. The van der Waals surface area contributed by atoms with Crippen LogP contribution in [0.25, 0.3) is 0 Å². The maximum absolute atomic E-state index is 5.87. The molecule has 6 atom stereocenters. The lowest BCUT2D eigenvalue weighted by Gasteiger charge is -2.49. The van der Waals surface area contributed by atoms with Crippen molar-refractivity contribution in [2.75, 3.05) is 20.1 Å². The van der Waals surface area contributed by atoms with Gasteiger partial charge < -0.3 is 10.1 Å². The molecule has 1 saturated heterocycles. The van der Waals surface area contributed by atoms with Crippen molar-refractivity contribution in [3.05, 3.63) is 0 Å². The Kier molecular flexibility index (Phi) is 4.68. The Labute approximate surface area is 112 Å². The highest BCUT2D eigenvalue weighted by molar-refractivity contribution is 4.95. The van der Waals surface area contributed by atoms with Crippen molar-refractivity contribution in [1.29, 1.82) is 0 Å². The summed E-state index contributed by atoms with van der Waals surface area (Å²) in [4.78, 5) is 2.68. The second kappa shape index (κ2) is 5.89. The largest absolute Gasteiger partial charge is 0.373 e. The molecule has 2 fully saturated rings. The fourth-order valence-corrected chi connectivity index (χ4v) is 4.20. The molecule has 0 aromatic rings. The lowest BCUT2D eigenvalue weighted by Crippen LogP contribution is -2.60. The number of morpholine rings is 1. The second-order valence-electron chi connectivity index (χ2n) is 6.65. The van der Waals surface area contributed by atoms with E-state index in [4.69, 9.17) is 4.74 Å². The van der Waals surface area contributed by atoms with Gasteiger partial charge >= 0.3 is 0 Å². The molecule has 0 aromatic heterocycles. The predicted octanol–water partition coefficient (Wildman–Crippen LogP) is 2.12. The van der Waals surface area contributed by atoms with Crippen molar-refractivity contribution in [2.24, 2.45) is 11.8 Å². The first kappa shape index (κ1) is 14.3. The zero-order valence-electron chi connectivity index (χ0n) is 12.6. The molecule has 18 heavy (non-hydrogen) atoms. The summed E-state index contributed by atoms with van der Waals surface area (Å²) in [6.45, 7) is 11.4. The Morgan fingerprint density at radius 2 is 1.61 bits per heavy atom. The number of rotatable bonds is 2. The van der Waals surface area contributed by atoms with Crippen LogP contribution < -0.4 is 5.32 Å². The monoisotopic (exact) mass is 254 g/mol. The Hall–Kier alpha value is -0.120. The van der Waals surface area contributed by atoms with E-state index in [0.29, 0.717) is 24.3 Å². The Bertz CT molecular complexity index is 261. The zero-order valence-corrected chi connectivity index (χ0v) is 12.6. The number of hydrogen-bond donors (Lipinski definition) is 1. The maximum atomic E-state index is 5.87. The second-order valence-corrected chi connectivity index (χ2v) is 6.65. The van der Waals surface area contributed by atoms with Gasteiger partial charge in [0, 0.05) is 25.2 Å². The Morgan fingerprint density at radius 1 is 1.00 bits per heavy atom. The Morgan fingerprint density at radius 3 is 2.17 bits per heavy atom. The van der Waals surface area contributed by atoms with Gasteiger partial charge in [0.15, 0.2) is 0 Å². The van der Waals surface area contributed by atoms with Crippen molar-refractivity contribution < 1.29 is 4.74 Å². The molecule has 2 rings (SSSR count). The molecule has 0 bridgehead atoms. The van der Waals surface area contributed by atoms with Gasteiger partial charge in [0.1, 0.15) is 0 Å². The van der Waals surface area contributed by atoms with Crippen molar-refractivity contribution in [3.63, 3.8) is 0 Å². The standard InChI is InChI=1S/C15H30N2O/c1-10-6-11(2)15(14(7-10)16-5)17-8-12(3)18-13(4)9-17/h10-16H,6-9H2,1-5H3. The van der Waals surface area contributed by atoms with E-state index in [0.717, 1.165) is 24.9 Å². The van der Waals surface area contributed by atoms with Gasteiger partial charge in [-0.05, 0) is 45.6 Å². The third-order valence-electron chi connectivity index (χ3n) is 4.67. The average Bonchev–Trinajstić information content (AvgIpc) is 2.26. The van der Waals surface area contributed by atoms with Crippen LogP contribution in [-0.2, 0) is 4.74 Å². The van der Waals surface area contributed by atoms with Gasteiger partial charge in [-0.2, -0.15) is 0 Å². The number of nitrogens with one attached hydrogen (secondary N) is 1. The maximum Gasteiger partial charge on any atom is 0.0678 e. The first-order valence-corrected chi connectivity index (χ1v) is 7.58. The molecule has 0 radical (unpaired) electrons. The molecule has 3 heteroatoms. The van der Waals surface area contributed by atoms with E-state index in [-0.39, 0.29) is 0 Å². The quantitative estimate of drug-likeness (QED) is 0.817. The first-order chi connectivity index (χ1) is 8.51. The van der Waals surface area contributed by atoms with E-state index in [2.05, 4.69) is 45.0 Å². The van der Waals surface area contributed by atoms with Crippen LogP contribution >= 0.6 is 0 Å². The van der Waals surface area contributed by atoms with Crippen molar-refractivity contribution in [2.45, 2.75) is 64.8 Å². The van der Waals surface area contributed by atoms with E-state index in [1.165, 1.54) is 12.8 Å². The minimum Gasteiger partial charge on any atom is -0.373 e. The summed E-state index contributed by atoms with van der Waals surface area (Å²) in [7, 11) is 2.12. The predicted molar refractivity (Wildman–Crippen MR) is 75.8 cm³/mol. The van der Waals surface area contributed by atoms with Crippen LogP contribution in [0.4, 0.5) is 0 Å². The van der Waals surface area contributed by atoms with E-state index in [1.807, 2.05) is 0 Å². The summed E-state index contributed by atoms with van der Waals surface area (Å²) >= 11 is 0. The molecule has 6 unspecified atom stereocenters. The minimum absolute atomic E-state index is 0.373. The van der Waals surface area contributed by atoms with E-state index in [1.54, 1.807) is 0 Å². The van der Waals surface area contributed by atoms with Gasteiger partial charge in [0.2, 0.25) is 0 Å². The van der Waals surface area contributed by atoms with Crippen molar-refractivity contribution in [1.82, 2.24) is 10.2 Å². The number of hydrogen-bond acceptors (Lipinski definition) is 3. The van der Waals surface area contributed by atoms with Crippen molar-refractivity contribution in [3.8, 4) is 0 Å². The molecule has 0 spiro atoms. The topological polar surface area (TPSA) is 24.5 Å². The smallest absolute Gasteiger partial charge is 0.0678 e. The molecular formula is C15H30N2O. The van der Waals surface area contributed by atoms with Gasteiger partial charge in [0.25, 0.3) is 0 Å². The van der Waals surface area contributed by atoms with Gasteiger partial charge in [0.05, 0.1) is 12.2 Å². The molecule has 1 aliphatic carbocycles. The molecule has 1 N–H and O–H groups in total. The summed E-state index contributed by atoms with van der Waals surface area (Å²) in [5.74, 6) is 1.63. The normalized spacial score (nSPS) is 47.2. The summed E-state index contributed by atoms with van der Waals surface area (Å²) in [5, 5.41) is 3.56. The number of nitrogens with zero attached hydrogens (tertiary/aromatic N) is 1. The molecule has 0 aromatic carbocycles. The lowest BCUT2D eigenvalue weighted by molar-refractivity contribution is -0.0967. The van der Waals surface area contributed by atoms with Crippen LogP contribution in [0.5, 0.6) is 0 Å². The van der Waals surface area contributed by atoms with Crippen LogP contribution in [0.3, 0.4) is 0 Å². The SMILES string of the molecule is CNC1CC(C)CC(C)C1N1CC(C)OC(C)C1. The van der Waals surface area contributed by atoms with Crippen molar-refractivity contribution >= 4 is 0 Å². The fraction of sp³-hybridized carbons (Fsp3) is 1.00. The number of likely N-dealkylation sites (N-methyl/N-ethyl adjacent to an activating group) is 1. The first-order valence-electron chi connectivity index (χ1n) is 7.58. The molecule has 1 saturated carbocycles. The van der Waals surface area contributed by atoms with Gasteiger partial charge in [-0.1, -0.05) is 13.8 Å². The molecule has 106 valence electrons. The summed E-state index contributed by atoms with van der Waals surface area (Å²) in [5.41, 5.74) is 0. The highest BCUT2D eigenvalue weighted by Gasteiger charge is 2.39. The molecule has 1 aliphatic heterocycles. The van der Waals surface area contributed by atoms with Crippen LogP contribution in [0.1, 0.15) is 40.5 Å². The highest BCUT2D eigenvalue weighted by Crippen LogP contribution is 2.33. The summed E-state index contributed by atoms with van der Waals surface area (Å²) in [6.07, 6.45) is 3.42. The third-order valence-corrected chi connectivity index (χ3v) is 4.67. The van der Waals surface area contributed by atoms with Gasteiger partial charge in [-0.25, -0.2) is 0 Å². The van der Waals surface area contributed by atoms with Gasteiger partial charge in [-0.3, -0.25) is 4.90 Å². The third kappa shape index (κ3) is 3.06. The average molecular weight is 254 g/mol. The molecule has 1 heterocycles. The molecule has 0 amide bonds. The fourth-order valence-electron chi connectivity index (χ4n) is 4.20. The van der Waals surface area contributed by atoms with Gasteiger partial charge in [-0.15, -0.1) is 0 Å². The molecule has 3 nitrogen and oxygen atoms in total. The van der Waals surface area contributed by atoms with Crippen LogP contribution in [0.15, 0.2) is 0 Å². The molecular weight excluding hydrogens is 224 g/mol. The number of ether oxygens (including phenoxy) is 1. The van der Waals surface area contributed by atoms with E-state index in [9.17, 15) is 0 Å². The summed E-state index contributed by atoms with van der Waals surface area (Å²) < 4.78 is 5.87. The zero-order chi connectivity index (χ0) is 13.3. The van der Waals surface area contributed by atoms with E-state index < -0.39 is 0 Å². The van der Waals surface area contributed by atoms with Crippen LogP contribution in [-0.4, -0.2) is 49.3 Å². The summed E-state index contributed by atoms with van der Waals surface area (Å²) in [6, 6.07) is 1.32.